The predicted molar refractivity (Wildman–Crippen MR) is 159 cm³/mol. The van der Waals surface area contributed by atoms with Crippen molar-refractivity contribution in [3.63, 3.8) is 0 Å². The topological polar surface area (TPSA) is 76.1 Å². The van der Waals surface area contributed by atoms with Crippen molar-refractivity contribution in [1.82, 2.24) is 29.3 Å². The van der Waals surface area contributed by atoms with Crippen molar-refractivity contribution >= 4 is 22.6 Å². The largest absolute Gasteiger partial charge is 0.383 e. The zero-order valence-corrected chi connectivity index (χ0v) is 23.1. The third-order valence-electron chi connectivity index (χ3n) is 8.00. The number of nitrogens with zero attached hydrogens (tertiary/aromatic N) is 6. The fraction of sp³-hybridized carbons (Fsp3) is 0.344. The number of hydrogen-bond donors (Lipinski definition) is 1. The Balaban J connectivity index is 1.38. The molecule has 1 aromatic carbocycles. The molecule has 0 aliphatic carbocycles. The number of fused-ring (bicyclic) bond motifs is 2. The van der Waals surface area contributed by atoms with Crippen molar-refractivity contribution in [2.75, 3.05) is 39.0 Å². The zero-order valence-electron chi connectivity index (χ0n) is 23.1. The van der Waals surface area contributed by atoms with Gasteiger partial charge in [-0.3, -0.25) is 9.47 Å². The lowest BCUT2D eigenvalue weighted by Gasteiger charge is -2.19. The van der Waals surface area contributed by atoms with Gasteiger partial charge in [0.25, 0.3) is 0 Å². The first kappa shape index (κ1) is 25.5. The number of aromatic nitrogens is 4. The van der Waals surface area contributed by atoms with Crippen LogP contribution in [0.5, 0.6) is 0 Å². The van der Waals surface area contributed by atoms with Crippen molar-refractivity contribution in [2.24, 2.45) is 11.8 Å². The smallest absolute Gasteiger partial charge is 0.165 e. The number of nitrogens with two attached hydrogens (primary N) is 1. The summed E-state index contributed by atoms with van der Waals surface area (Å²) in [5, 5.41) is 0. The molecule has 3 aromatic heterocycles. The van der Waals surface area contributed by atoms with Gasteiger partial charge in [-0.05, 0) is 79.8 Å². The Morgan fingerprint density at radius 3 is 2.46 bits per heavy atom. The van der Waals surface area contributed by atoms with Gasteiger partial charge in [-0.25, -0.2) is 15.0 Å². The highest BCUT2D eigenvalue weighted by Crippen LogP contribution is 2.33. The second kappa shape index (κ2) is 10.8. The average molecular weight is 520 g/mol. The summed E-state index contributed by atoms with van der Waals surface area (Å²) in [7, 11) is 2.24. The summed E-state index contributed by atoms with van der Waals surface area (Å²) in [6.07, 6.45) is 9.01. The van der Waals surface area contributed by atoms with Crippen molar-refractivity contribution in [3.8, 4) is 17.1 Å². The minimum absolute atomic E-state index is 0.455. The maximum absolute atomic E-state index is 6.33. The van der Waals surface area contributed by atoms with E-state index in [2.05, 4.69) is 75.8 Å². The van der Waals surface area contributed by atoms with Crippen molar-refractivity contribution in [3.05, 3.63) is 84.2 Å². The fourth-order valence-electron chi connectivity index (χ4n) is 6.27. The molecule has 0 radical (unpaired) electrons. The van der Waals surface area contributed by atoms with Gasteiger partial charge in [-0.2, -0.15) is 0 Å². The highest BCUT2D eigenvalue weighted by Gasteiger charge is 2.38. The van der Waals surface area contributed by atoms with E-state index in [1.807, 2.05) is 31.2 Å². The van der Waals surface area contributed by atoms with Crippen LogP contribution in [0.15, 0.2) is 73.0 Å². The van der Waals surface area contributed by atoms with E-state index in [1.54, 1.807) is 6.20 Å². The molecule has 2 fully saturated rings. The molecule has 4 aromatic rings. The van der Waals surface area contributed by atoms with Gasteiger partial charge in [0.05, 0.1) is 11.3 Å². The second-order valence-electron chi connectivity index (χ2n) is 10.9. The quantitative estimate of drug-likeness (QED) is 0.328. The van der Waals surface area contributed by atoms with Gasteiger partial charge in [0.2, 0.25) is 0 Å². The molecule has 6 rings (SSSR count). The van der Waals surface area contributed by atoms with E-state index in [1.165, 1.54) is 31.7 Å². The van der Waals surface area contributed by atoms with Gasteiger partial charge >= 0.3 is 0 Å². The molecule has 2 aliphatic rings. The molecule has 2 N–H and O–H groups in total. The van der Waals surface area contributed by atoms with Crippen LogP contribution in [0.25, 0.3) is 33.8 Å². The molecule has 2 atom stereocenters. The molecule has 0 bridgehead atoms. The van der Waals surface area contributed by atoms with E-state index in [9.17, 15) is 0 Å². The Morgan fingerprint density at radius 1 is 1.00 bits per heavy atom. The van der Waals surface area contributed by atoms with E-state index in [0.29, 0.717) is 5.82 Å². The normalized spacial score (nSPS) is 20.4. The van der Waals surface area contributed by atoms with Gasteiger partial charge in [-0.1, -0.05) is 37.3 Å². The zero-order chi connectivity index (χ0) is 26.9. The van der Waals surface area contributed by atoms with E-state index < -0.39 is 0 Å². The van der Waals surface area contributed by atoms with Crippen LogP contribution < -0.4 is 5.73 Å². The van der Waals surface area contributed by atoms with E-state index in [0.717, 1.165) is 64.3 Å². The summed E-state index contributed by atoms with van der Waals surface area (Å²) in [5.41, 5.74) is 13.1. The van der Waals surface area contributed by atoms with Crippen LogP contribution >= 0.6 is 0 Å². The fourth-order valence-corrected chi connectivity index (χ4v) is 6.27. The van der Waals surface area contributed by atoms with E-state index in [4.69, 9.17) is 15.7 Å². The van der Waals surface area contributed by atoms with Gasteiger partial charge in [0.15, 0.2) is 11.5 Å². The first-order chi connectivity index (χ1) is 19.0. The first-order valence-electron chi connectivity index (χ1n) is 14.0. The monoisotopic (exact) mass is 519 g/mol. The van der Waals surface area contributed by atoms with Gasteiger partial charge < -0.3 is 10.6 Å². The molecule has 2 aliphatic heterocycles. The number of anilines is 1. The lowest BCUT2D eigenvalue weighted by molar-refractivity contribution is 0.272. The Bertz CT molecular complexity index is 1520. The molecule has 0 saturated carbocycles. The number of hydrogen-bond acceptors (Lipinski definition) is 6. The number of allylic oxidation sites excluding steroid dienone is 4. The Labute approximate surface area is 230 Å². The summed E-state index contributed by atoms with van der Waals surface area (Å²) in [6, 6.07) is 16.8. The molecule has 2 unspecified atom stereocenters. The van der Waals surface area contributed by atoms with Gasteiger partial charge in [-0.15, -0.1) is 0 Å². The molecule has 5 heterocycles. The number of benzene rings is 1. The molecule has 0 spiro atoms. The van der Waals surface area contributed by atoms with Gasteiger partial charge in [0, 0.05) is 44.6 Å². The maximum atomic E-state index is 6.33. The van der Waals surface area contributed by atoms with E-state index >= 15 is 0 Å². The van der Waals surface area contributed by atoms with Crippen molar-refractivity contribution in [2.45, 2.75) is 26.8 Å². The highest BCUT2D eigenvalue weighted by molar-refractivity contribution is 5.85. The Kier molecular flexibility index (Phi) is 7.02. The molecule has 7 heteroatoms. The summed E-state index contributed by atoms with van der Waals surface area (Å²) < 4.78 is 2.12. The van der Waals surface area contributed by atoms with Crippen LogP contribution in [-0.4, -0.2) is 62.5 Å². The second-order valence-corrected chi connectivity index (χ2v) is 10.9. The number of imidazole rings is 1. The third-order valence-corrected chi connectivity index (χ3v) is 8.00. The van der Waals surface area contributed by atoms with Crippen LogP contribution in [0.1, 0.15) is 31.5 Å². The van der Waals surface area contributed by atoms with Crippen LogP contribution in [0.2, 0.25) is 0 Å². The number of likely N-dealkylation sites (tertiary alicyclic amines) is 2. The predicted octanol–water partition coefficient (Wildman–Crippen LogP) is 5.43. The number of pyridine rings is 2. The van der Waals surface area contributed by atoms with Crippen molar-refractivity contribution < 1.29 is 0 Å². The summed E-state index contributed by atoms with van der Waals surface area (Å²) >= 11 is 0. The third kappa shape index (κ3) is 5.00. The Hall–Kier alpha value is -3.81. The van der Waals surface area contributed by atoms with Crippen LogP contribution in [0.4, 0.5) is 5.82 Å². The summed E-state index contributed by atoms with van der Waals surface area (Å²) in [5.74, 6) is 2.83. The molecule has 7 nitrogen and oxygen atoms in total. The first-order valence-corrected chi connectivity index (χ1v) is 14.0. The molecule has 0 amide bonds. The summed E-state index contributed by atoms with van der Waals surface area (Å²) in [6.45, 7) is 10.0. The highest BCUT2D eigenvalue weighted by atomic mass is 15.2. The maximum Gasteiger partial charge on any atom is 0.165 e. The molecular formula is C32H37N7. The minimum Gasteiger partial charge on any atom is -0.383 e. The standard InChI is InChI=1S/C32H37N7/c1-4-7-23(8-5-2)28-14-15-29-32(35-28)39(31(36-29)27-9-6-16-34-30(27)33)26-12-10-22(11-13-26)17-38-20-24-18-37(3)19-25(24)21-38/h4,6-16,24-25H,5,17-21H2,1-3H3,(H2,33,34)/b7-4-,23-8+. The summed E-state index contributed by atoms with van der Waals surface area (Å²) in [4.78, 5) is 19.5. The molecule has 39 heavy (non-hydrogen) atoms. The molecule has 200 valence electrons. The number of rotatable bonds is 7. The van der Waals surface area contributed by atoms with E-state index in [-0.39, 0.29) is 0 Å². The van der Waals surface area contributed by atoms with Gasteiger partial charge in [0.1, 0.15) is 11.3 Å². The lowest BCUT2D eigenvalue weighted by Crippen LogP contribution is -2.26. The number of nitrogen functional groups attached to an aromatic ring is 1. The average Bonchev–Trinajstić information content (AvgIpc) is 3.59. The van der Waals surface area contributed by atoms with Crippen LogP contribution in [0.3, 0.4) is 0 Å². The minimum atomic E-state index is 0.455. The Morgan fingerprint density at radius 2 is 1.77 bits per heavy atom. The SMILES string of the molecule is C/C=C\C(=C/CC)c1ccc2nc(-c3cccnc3N)n(-c3ccc(CN4CC5CN(C)CC5C4)cc3)c2n1. The lowest BCUT2D eigenvalue weighted by atomic mass is 10.0. The van der Waals surface area contributed by atoms with Crippen LogP contribution in [-0.2, 0) is 6.54 Å². The molecule has 2 saturated heterocycles. The van der Waals surface area contributed by atoms with Crippen LogP contribution in [0, 0.1) is 11.8 Å². The van der Waals surface area contributed by atoms with Crippen molar-refractivity contribution in [1.29, 1.82) is 0 Å². The molecular weight excluding hydrogens is 482 g/mol.